The van der Waals surface area contributed by atoms with Gasteiger partial charge in [-0.15, -0.1) is 0 Å². The summed E-state index contributed by atoms with van der Waals surface area (Å²) in [5, 5.41) is 0.411. The summed E-state index contributed by atoms with van der Waals surface area (Å²) in [5.74, 6) is 0. The molecule has 0 radical (unpaired) electrons. The van der Waals surface area contributed by atoms with Gasteiger partial charge in [-0.05, 0) is 12.5 Å². The van der Waals surface area contributed by atoms with Crippen molar-refractivity contribution in [1.82, 2.24) is 14.1 Å². The lowest BCUT2D eigenvalue weighted by atomic mass is 10.3. The number of phosphoric ester groups is 1. The number of phosphoric acid groups is 1. The van der Waals surface area contributed by atoms with Crippen molar-refractivity contribution in [3.05, 3.63) is 28.4 Å². The lowest BCUT2D eigenvalue weighted by Gasteiger charge is -2.07. The maximum Gasteiger partial charge on any atom is 0.471 e. The average Bonchev–Trinajstić information content (AvgIpc) is 2.52. The van der Waals surface area contributed by atoms with Crippen LogP contribution in [0.3, 0.4) is 0 Å². The van der Waals surface area contributed by atoms with Crippen molar-refractivity contribution >= 4 is 18.9 Å². The van der Waals surface area contributed by atoms with E-state index < -0.39 is 20.1 Å². The van der Waals surface area contributed by atoms with Gasteiger partial charge in [0.15, 0.2) is 0 Å². The fourth-order valence-electron chi connectivity index (χ4n) is 1.74. The van der Waals surface area contributed by atoms with Crippen LogP contribution < -0.4 is 5.56 Å². The Morgan fingerprint density at radius 3 is 2.78 bits per heavy atom. The number of hydrogen-bond acceptors (Lipinski definition) is 4. The Bertz CT molecular complexity index is 698. The third-order valence-corrected chi connectivity index (χ3v) is 2.95. The highest BCUT2D eigenvalue weighted by Crippen LogP contribution is 2.35. The molecule has 0 unspecified atom stereocenters. The maximum absolute atomic E-state index is 12.1. The molecule has 0 bridgehead atoms. The van der Waals surface area contributed by atoms with Crippen LogP contribution in [-0.2, 0) is 22.9 Å². The molecule has 9 heteroatoms. The third-order valence-electron chi connectivity index (χ3n) is 2.50. The average molecular weight is 273 g/mol. The molecule has 2 aromatic heterocycles. The van der Waals surface area contributed by atoms with Gasteiger partial charge in [0.25, 0.3) is 5.56 Å². The van der Waals surface area contributed by atoms with Crippen LogP contribution >= 0.6 is 7.82 Å². The number of nitrogens with zero attached hydrogens (tertiary/aromatic N) is 3. The minimum atomic E-state index is -4.61. The monoisotopic (exact) mass is 273 g/mol. The van der Waals surface area contributed by atoms with Crippen LogP contribution in [0.4, 0.5) is 0 Å². The van der Waals surface area contributed by atoms with Gasteiger partial charge in [-0.3, -0.25) is 13.9 Å². The van der Waals surface area contributed by atoms with Crippen LogP contribution in [0.25, 0.3) is 11.0 Å². The summed E-state index contributed by atoms with van der Waals surface area (Å²) < 4.78 is 17.6. The quantitative estimate of drug-likeness (QED) is 0.769. The van der Waals surface area contributed by atoms with Crippen LogP contribution in [0, 0.1) is 6.92 Å². The summed E-state index contributed by atoms with van der Waals surface area (Å²) in [4.78, 5) is 33.3. The minimum absolute atomic E-state index is 0.397. The summed E-state index contributed by atoms with van der Waals surface area (Å²) in [5.41, 5.74) is 0.868. The van der Waals surface area contributed by atoms with E-state index >= 15 is 0 Å². The second kappa shape index (κ2) is 4.33. The Morgan fingerprint density at radius 1 is 1.50 bits per heavy atom. The molecule has 18 heavy (non-hydrogen) atoms. The number of hydrogen-bond donors (Lipinski definition) is 2. The molecule has 0 aromatic carbocycles. The second-order valence-corrected chi connectivity index (χ2v) is 5.13. The normalized spacial score (nSPS) is 12.2. The van der Waals surface area contributed by atoms with Gasteiger partial charge in [0.1, 0.15) is 18.7 Å². The third kappa shape index (κ3) is 2.37. The highest BCUT2D eigenvalue weighted by Gasteiger charge is 2.16. The predicted molar refractivity (Wildman–Crippen MR) is 62.8 cm³/mol. The largest absolute Gasteiger partial charge is 0.471 e. The second-order valence-electron chi connectivity index (χ2n) is 3.89. The maximum atomic E-state index is 12.1. The minimum Gasteiger partial charge on any atom is -0.335 e. The molecule has 2 rings (SSSR count). The molecule has 0 fully saturated rings. The Balaban J connectivity index is 2.49. The molecule has 0 amide bonds. The standard InChI is InChI=1S/C9H12N3O5P/c1-6-3-11(2)8-7(6)9(13)12(4-10-8)5-17-18(14,15)16/h3-4H,5H2,1-2H3,(H2,14,15,16). The fourth-order valence-corrected chi connectivity index (χ4v) is 2.01. The van der Waals surface area contributed by atoms with E-state index in [0.717, 1.165) is 10.1 Å². The number of aromatic nitrogens is 3. The summed E-state index contributed by atoms with van der Waals surface area (Å²) in [7, 11) is -2.85. The van der Waals surface area contributed by atoms with Crippen molar-refractivity contribution in [1.29, 1.82) is 0 Å². The highest BCUT2D eigenvalue weighted by molar-refractivity contribution is 7.46. The first kappa shape index (κ1) is 13.0. The molecule has 0 aliphatic rings. The zero-order valence-electron chi connectivity index (χ0n) is 9.77. The van der Waals surface area contributed by atoms with Gasteiger partial charge in [0.2, 0.25) is 0 Å². The van der Waals surface area contributed by atoms with E-state index in [9.17, 15) is 9.36 Å². The van der Waals surface area contributed by atoms with Gasteiger partial charge in [0, 0.05) is 13.2 Å². The van der Waals surface area contributed by atoms with E-state index in [1.54, 1.807) is 24.7 Å². The molecule has 0 saturated heterocycles. The Labute approximate surface area is 102 Å². The summed E-state index contributed by atoms with van der Waals surface area (Å²) in [6.07, 6.45) is 2.95. The lowest BCUT2D eigenvalue weighted by molar-refractivity contribution is 0.151. The van der Waals surface area contributed by atoms with Gasteiger partial charge in [-0.25, -0.2) is 9.55 Å². The topological polar surface area (TPSA) is 107 Å². The lowest BCUT2D eigenvalue weighted by Crippen LogP contribution is -2.21. The molecule has 2 N–H and O–H groups in total. The molecule has 0 atom stereocenters. The van der Waals surface area contributed by atoms with E-state index in [2.05, 4.69) is 9.51 Å². The number of aryl methyl sites for hydroxylation is 2. The summed E-state index contributed by atoms with van der Waals surface area (Å²) in [6, 6.07) is 0. The van der Waals surface area contributed by atoms with E-state index in [-0.39, 0.29) is 0 Å². The first-order chi connectivity index (χ1) is 8.29. The van der Waals surface area contributed by atoms with Gasteiger partial charge >= 0.3 is 7.82 Å². The number of fused-ring (bicyclic) bond motifs is 1. The molecule has 8 nitrogen and oxygen atoms in total. The SMILES string of the molecule is Cc1cn(C)c2ncn(COP(=O)(O)O)c(=O)c12. The molecular weight excluding hydrogens is 261 g/mol. The van der Waals surface area contributed by atoms with Crippen molar-refractivity contribution in [3.8, 4) is 0 Å². The first-order valence-electron chi connectivity index (χ1n) is 5.01. The van der Waals surface area contributed by atoms with Crippen LogP contribution in [0.2, 0.25) is 0 Å². The molecule has 2 aromatic rings. The predicted octanol–water partition coefficient (Wildman–Crippen LogP) is 0.110. The van der Waals surface area contributed by atoms with E-state index in [1.165, 1.54) is 6.33 Å². The summed E-state index contributed by atoms with van der Waals surface area (Å²) in [6.45, 7) is 1.22. The van der Waals surface area contributed by atoms with E-state index in [1.807, 2.05) is 0 Å². The Kier molecular flexibility index (Phi) is 3.12. The molecule has 0 saturated carbocycles. The fraction of sp³-hybridized carbons (Fsp3) is 0.333. The van der Waals surface area contributed by atoms with Crippen molar-refractivity contribution in [3.63, 3.8) is 0 Å². The van der Waals surface area contributed by atoms with Gasteiger partial charge in [-0.1, -0.05) is 0 Å². The Morgan fingerprint density at radius 2 is 2.17 bits per heavy atom. The summed E-state index contributed by atoms with van der Waals surface area (Å²) >= 11 is 0. The molecule has 98 valence electrons. The van der Waals surface area contributed by atoms with Gasteiger partial charge in [-0.2, -0.15) is 0 Å². The number of rotatable bonds is 3. The van der Waals surface area contributed by atoms with Crippen molar-refractivity contribution < 1.29 is 18.9 Å². The van der Waals surface area contributed by atoms with Gasteiger partial charge in [0.05, 0.1) is 5.39 Å². The highest BCUT2D eigenvalue weighted by atomic mass is 31.2. The van der Waals surface area contributed by atoms with Crippen LogP contribution in [0.1, 0.15) is 5.56 Å². The molecule has 2 heterocycles. The smallest absolute Gasteiger partial charge is 0.335 e. The molecule has 0 spiro atoms. The molecule has 0 aliphatic heterocycles. The zero-order chi connectivity index (χ0) is 13.5. The van der Waals surface area contributed by atoms with Crippen LogP contribution in [0.15, 0.2) is 17.3 Å². The van der Waals surface area contributed by atoms with E-state index in [0.29, 0.717) is 11.0 Å². The zero-order valence-corrected chi connectivity index (χ0v) is 10.7. The van der Waals surface area contributed by atoms with Crippen molar-refractivity contribution in [2.24, 2.45) is 7.05 Å². The van der Waals surface area contributed by atoms with E-state index in [4.69, 9.17) is 9.79 Å². The van der Waals surface area contributed by atoms with Crippen LogP contribution in [0.5, 0.6) is 0 Å². The molecule has 0 aliphatic carbocycles. The van der Waals surface area contributed by atoms with Crippen molar-refractivity contribution in [2.45, 2.75) is 13.7 Å². The van der Waals surface area contributed by atoms with Crippen molar-refractivity contribution in [2.75, 3.05) is 0 Å². The first-order valence-corrected chi connectivity index (χ1v) is 6.54. The van der Waals surface area contributed by atoms with Crippen LogP contribution in [-0.4, -0.2) is 23.9 Å². The van der Waals surface area contributed by atoms with Gasteiger partial charge < -0.3 is 14.4 Å². The Hall–Kier alpha value is -1.47. The molecular formula is C9H12N3O5P.